The summed E-state index contributed by atoms with van der Waals surface area (Å²) in [6, 6.07) is 7.48. The third-order valence-corrected chi connectivity index (χ3v) is 3.35. The second kappa shape index (κ2) is 5.07. The first-order chi connectivity index (χ1) is 7.79. The van der Waals surface area contributed by atoms with E-state index < -0.39 is 5.95 Å². The van der Waals surface area contributed by atoms with Gasteiger partial charge in [0.2, 0.25) is 5.95 Å². The molecule has 0 aliphatic heterocycles. The summed E-state index contributed by atoms with van der Waals surface area (Å²) in [6.45, 7) is 2.12. The van der Waals surface area contributed by atoms with Crippen LogP contribution in [0.15, 0.2) is 35.8 Å². The van der Waals surface area contributed by atoms with Crippen LogP contribution in [-0.4, -0.2) is 4.98 Å². The van der Waals surface area contributed by atoms with Crippen LogP contribution < -0.4 is 5.32 Å². The third-order valence-electron chi connectivity index (χ3n) is 2.36. The van der Waals surface area contributed by atoms with Crippen molar-refractivity contribution in [1.29, 1.82) is 0 Å². The quantitative estimate of drug-likeness (QED) is 0.816. The Hall–Kier alpha value is -1.42. The van der Waals surface area contributed by atoms with Crippen molar-refractivity contribution in [2.24, 2.45) is 0 Å². The molecule has 0 aliphatic carbocycles. The fourth-order valence-corrected chi connectivity index (χ4v) is 2.39. The second-order valence-corrected chi connectivity index (χ2v) is 4.47. The van der Waals surface area contributed by atoms with Crippen LogP contribution in [0, 0.1) is 5.95 Å². The molecule has 0 bridgehead atoms. The van der Waals surface area contributed by atoms with E-state index in [-0.39, 0.29) is 6.04 Å². The average molecular weight is 236 g/mol. The highest BCUT2D eigenvalue weighted by molar-refractivity contribution is 7.10. The number of anilines is 1. The monoisotopic (exact) mass is 236 g/mol. The molecule has 2 aromatic rings. The van der Waals surface area contributed by atoms with Crippen molar-refractivity contribution in [3.05, 3.63) is 46.7 Å². The van der Waals surface area contributed by atoms with Crippen molar-refractivity contribution in [1.82, 2.24) is 4.98 Å². The van der Waals surface area contributed by atoms with E-state index in [4.69, 9.17) is 0 Å². The summed E-state index contributed by atoms with van der Waals surface area (Å²) in [7, 11) is 0. The molecular formula is C12H13FN2S. The van der Waals surface area contributed by atoms with Gasteiger partial charge in [0.15, 0.2) is 0 Å². The van der Waals surface area contributed by atoms with Gasteiger partial charge in [0.05, 0.1) is 17.9 Å². The van der Waals surface area contributed by atoms with E-state index in [1.54, 1.807) is 17.4 Å². The molecular weight excluding hydrogens is 223 g/mol. The van der Waals surface area contributed by atoms with Crippen LogP contribution in [0.2, 0.25) is 0 Å². The summed E-state index contributed by atoms with van der Waals surface area (Å²) < 4.78 is 12.6. The molecule has 16 heavy (non-hydrogen) atoms. The van der Waals surface area contributed by atoms with E-state index in [1.165, 1.54) is 17.1 Å². The van der Waals surface area contributed by atoms with Crippen molar-refractivity contribution in [2.75, 3.05) is 5.32 Å². The minimum Gasteiger partial charge on any atom is -0.376 e. The van der Waals surface area contributed by atoms with Crippen LogP contribution in [0.4, 0.5) is 10.1 Å². The smallest absolute Gasteiger partial charge is 0.212 e. The van der Waals surface area contributed by atoms with Crippen molar-refractivity contribution < 1.29 is 4.39 Å². The molecule has 2 nitrogen and oxygen atoms in total. The normalized spacial score (nSPS) is 12.4. The molecule has 0 saturated carbocycles. The van der Waals surface area contributed by atoms with Crippen molar-refractivity contribution in [3.63, 3.8) is 0 Å². The van der Waals surface area contributed by atoms with E-state index in [2.05, 4.69) is 28.7 Å². The zero-order valence-corrected chi connectivity index (χ0v) is 9.80. The van der Waals surface area contributed by atoms with Gasteiger partial charge in [0, 0.05) is 4.88 Å². The maximum absolute atomic E-state index is 12.6. The summed E-state index contributed by atoms with van der Waals surface area (Å²) in [5, 5.41) is 5.40. The highest BCUT2D eigenvalue weighted by Gasteiger charge is 2.09. The van der Waals surface area contributed by atoms with Gasteiger partial charge >= 0.3 is 0 Å². The van der Waals surface area contributed by atoms with Crippen LogP contribution in [0.5, 0.6) is 0 Å². The van der Waals surface area contributed by atoms with Crippen molar-refractivity contribution >= 4 is 17.0 Å². The number of rotatable bonds is 4. The Morgan fingerprint density at radius 1 is 1.44 bits per heavy atom. The molecule has 0 aliphatic rings. The van der Waals surface area contributed by atoms with Gasteiger partial charge in [-0.2, -0.15) is 4.39 Å². The van der Waals surface area contributed by atoms with Crippen LogP contribution >= 0.6 is 11.3 Å². The van der Waals surface area contributed by atoms with Crippen LogP contribution in [-0.2, 0) is 0 Å². The molecule has 1 N–H and O–H groups in total. The molecule has 1 unspecified atom stereocenters. The van der Waals surface area contributed by atoms with Gasteiger partial charge < -0.3 is 5.32 Å². The molecule has 0 fully saturated rings. The fraction of sp³-hybridized carbons (Fsp3) is 0.250. The van der Waals surface area contributed by atoms with Crippen LogP contribution in [0.25, 0.3) is 0 Å². The van der Waals surface area contributed by atoms with Crippen LogP contribution in [0.1, 0.15) is 24.3 Å². The lowest BCUT2D eigenvalue weighted by atomic mass is 10.2. The lowest BCUT2D eigenvalue weighted by Crippen LogP contribution is -2.08. The third kappa shape index (κ3) is 2.58. The van der Waals surface area contributed by atoms with Crippen LogP contribution in [0.3, 0.4) is 0 Å². The number of pyridine rings is 1. The van der Waals surface area contributed by atoms with Gasteiger partial charge in [-0.05, 0) is 30.0 Å². The first-order valence-electron chi connectivity index (χ1n) is 5.21. The Balaban J connectivity index is 2.10. The number of hydrogen-bond acceptors (Lipinski definition) is 3. The zero-order chi connectivity index (χ0) is 11.4. The molecule has 2 rings (SSSR count). The highest BCUT2D eigenvalue weighted by atomic mass is 32.1. The Morgan fingerprint density at radius 3 is 2.88 bits per heavy atom. The molecule has 2 aromatic heterocycles. The van der Waals surface area contributed by atoms with Gasteiger partial charge in [0.25, 0.3) is 0 Å². The minimum atomic E-state index is -0.449. The van der Waals surface area contributed by atoms with Gasteiger partial charge in [-0.25, -0.2) is 4.98 Å². The fourth-order valence-electron chi connectivity index (χ4n) is 1.53. The lowest BCUT2D eigenvalue weighted by Gasteiger charge is -2.16. The Labute approximate surface area is 98.2 Å². The topological polar surface area (TPSA) is 24.9 Å². The summed E-state index contributed by atoms with van der Waals surface area (Å²) in [6.07, 6.45) is 2.50. The van der Waals surface area contributed by atoms with E-state index in [0.29, 0.717) is 0 Å². The number of aromatic nitrogens is 1. The predicted octanol–water partition coefficient (Wildman–Crippen LogP) is 3.85. The van der Waals surface area contributed by atoms with Gasteiger partial charge in [0.1, 0.15) is 0 Å². The standard InChI is InChI=1S/C12H13FN2S/c1-2-10(11-4-3-7-16-11)15-9-5-6-12(13)14-8-9/h3-8,10,15H,2H2,1H3. The number of halogens is 1. The first-order valence-corrected chi connectivity index (χ1v) is 6.09. The average Bonchev–Trinajstić information content (AvgIpc) is 2.82. The minimum absolute atomic E-state index is 0.271. The number of hydrogen-bond donors (Lipinski definition) is 1. The maximum Gasteiger partial charge on any atom is 0.212 e. The number of nitrogens with one attached hydrogen (secondary N) is 1. The molecule has 84 valence electrons. The molecule has 0 aromatic carbocycles. The maximum atomic E-state index is 12.6. The molecule has 0 amide bonds. The molecule has 4 heteroatoms. The Bertz CT molecular complexity index is 425. The number of thiophene rings is 1. The molecule has 0 radical (unpaired) electrons. The summed E-state index contributed by atoms with van der Waals surface area (Å²) in [4.78, 5) is 4.91. The summed E-state index contributed by atoms with van der Waals surface area (Å²) in [5.74, 6) is -0.449. The first kappa shape index (κ1) is 11.1. The van der Waals surface area contributed by atoms with Crippen molar-refractivity contribution in [3.8, 4) is 0 Å². The largest absolute Gasteiger partial charge is 0.376 e. The Kier molecular flexibility index (Phi) is 3.51. The molecule has 0 spiro atoms. The predicted molar refractivity (Wildman–Crippen MR) is 65.2 cm³/mol. The summed E-state index contributed by atoms with van der Waals surface area (Å²) >= 11 is 1.72. The van der Waals surface area contributed by atoms with E-state index in [9.17, 15) is 4.39 Å². The molecule has 2 heterocycles. The van der Waals surface area contributed by atoms with E-state index >= 15 is 0 Å². The van der Waals surface area contributed by atoms with E-state index in [1.807, 2.05) is 6.07 Å². The molecule has 0 saturated heterocycles. The summed E-state index contributed by atoms with van der Waals surface area (Å²) in [5.41, 5.74) is 0.849. The van der Waals surface area contributed by atoms with Gasteiger partial charge in [-0.1, -0.05) is 13.0 Å². The zero-order valence-electron chi connectivity index (χ0n) is 8.98. The van der Waals surface area contributed by atoms with E-state index in [0.717, 1.165) is 12.1 Å². The van der Waals surface area contributed by atoms with Gasteiger partial charge in [-0.3, -0.25) is 0 Å². The second-order valence-electron chi connectivity index (χ2n) is 3.49. The molecule has 1 atom stereocenters. The SMILES string of the molecule is CCC(Nc1ccc(F)nc1)c1cccs1. The highest BCUT2D eigenvalue weighted by Crippen LogP contribution is 2.25. The van der Waals surface area contributed by atoms with Gasteiger partial charge in [-0.15, -0.1) is 11.3 Å². The Morgan fingerprint density at radius 2 is 2.31 bits per heavy atom. The van der Waals surface area contributed by atoms with Crippen molar-refractivity contribution in [2.45, 2.75) is 19.4 Å². The number of nitrogens with zero attached hydrogens (tertiary/aromatic N) is 1. The lowest BCUT2D eigenvalue weighted by molar-refractivity contribution is 0.583.